The Morgan fingerprint density at radius 1 is 0.690 bits per heavy atom. The molecule has 0 radical (unpaired) electrons. The van der Waals surface area contributed by atoms with Crippen LogP contribution >= 0.6 is 0 Å². The van der Waals surface area contributed by atoms with Gasteiger partial charge in [0, 0.05) is 32.7 Å². The minimum atomic E-state index is -0.140. The van der Waals surface area contributed by atoms with Gasteiger partial charge in [-0.1, -0.05) is 28.7 Å². The van der Waals surface area contributed by atoms with Crippen LogP contribution in [-0.4, -0.2) is 94.4 Å². The van der Waals surface area contributed by atoms with E-state index in [1.165, 1.54) is 32.5 Å². The molecule has 2 atom stereocenters. The molecule has 4 N–H and O–H groups in total. The maximum atomic E-state index is 8.92. The van der Waals surface area contributed by atoms with Gasteiger partial charge in [0.15, 0.2) is 0 Å². The van der Waals surface area contributed by atoms with E-state index in [1.807, 2.05) is 0 Å². The molecule has 6 nitrogen and oxygen atoms in total. The molecular formula is C23H52N2O4. The van der Waals surface area contributed by atoms with Crippen molar-refractivity contribution in [2.45, 2.75) is 98.4 Å². The minimum Gasteiger partial charge on any atom is -0.395 e. The zero-order chi connectivity index (χ0) is 20.1. The number of hydrogen-bond donors (Lipinski definition) is 4. The average Bonchev–Trinajstić information content (AvgIpc) is 3.04. The van der Waals surface area contributed by atoms with E-state index in [1.54, 1.807) is 0 Å². The molecule has 1 heterocycles. The smallest absolute Gasteiger partial charge is 0.0558 e. The molecule has 0 aromatic rings. The molecule has 6 heteroatoms. The molecule has 3 rings (SSSR count). The van der Waals surface area contributed by atoms with Crippen LogP contribution in [-0.2, 0) is 0 Å². The van der Waals surface area contributed by atoms with Crippen LogP contribution in [0.25, 0.3) is 0 Å². The van der Waals surface area contributed by atoms with Crippen molar-refractivity contribution in [1.29, 1.82) is 0 Å². The molecule has 178 valence electrons. The van der Waals surface area contributed by atoms with Gasteiger partial charge in [0.25, 0.3) is 0 Å². The lowest BCUT2D eigenvalue weighted by Crippen LogP contribution is -2.47. The largest absolute Gasteiger partial charge is 0.395 e. The summed E-state index contributed by atoms with van der Waals surface area (Å²) < 4.78 is 0. The normalized spacial score (nSPS) is 30.0. The lowest BCUT2D eigenvalue weighted by Gasteiger charge is -2.34. The quantitative estimate of drug-likeness (QED) is 0.559. The molecule has 3 fully saturated rings. The molecule has 0 amide bonds. The van der Waals surface area contributed by atoms with Gasteiger partial charge in [-0.3, -0.25) is 4.90 Å². The number of piperazine rings is 1. The molecule has 2 unspecified atom stereocenters. The van der Waals surface area contributed by atoms with E-state index in [4.69, 9.17) is 20.4 Å². The molecule has 2 aliphatic carbocycles. The van der Waals surface area contributed by atoms with Crippen molar-refractivity contribution in [2.75, 3.05) is 45.9 Å². The average molecular weight is 421 g/mol. The van der Waals surface area contributed by atoms with Crippen molar-refractivity contribution in [1.82, 2.24) is 9.80 Å². The Bertz CT molecular complexity index is 312. The summed E-state index contributed by atoms with van der Waals surface area (Å²) in [6, 6.07) is 0. The van der Waals surface area contributed by atoms with E-state index in [0.29, 0.717) is 6.61 Å². The van der Waals surface area contributed by atoms with Crippen LogP contribution in [0.4, 0.5) is 0 Å². The van der Waals surface area contributed by atoms with E-state index in [9.17, 15) is 0 Å². The topological polar surface area (TPSA) is 87.4 Å². The first-order chi connectivity index (χ1) is 12.9. The van der Waals surface area contributed by atoms with Crippen LogP contribution in [0.5, 0.6) is 0 Å². The molecule has 0 aromatic carbocycles. The molecule has 0 bridgehead atoms. The lowest BCUT2D eigenvalue weighted by atomic mass is 9.95. The van der Waals surface area contributed by atoms with Gasteiger partial charge < -0.3 is 25.3 Å². The van der Waals surface area contributed by atoms with Gasteiger partial charge in [0.05, 0.1) is 24.9 Å². The number of nitrogens with zero attached hydrogens (tertiary/aromatic N) is 2. The van der Waals surface area contributed by atoms with Crippen LogP contribution < -0.4 is 0 Å². The second-order valence-electron chi connectivity index (χ2n) is 8.44. The van der Waals surface area contributed by atoms with Crippen LogP contribution in [0.2, 0.25) is 0 Å². The van der Waals surface area contributed by atoms with Crippen LogP contribution in [0.15, 0.2) is 0 Å². The summed E-state index contributed by atoms with van der Waals surface area (Å²) in [4.78, 5) is 4.82. The van der Waals surface area contributed by atoms with E-state index >= 15 is 0 Å². The fourth-order valence-electron chi connectivity index (χ4n) is 3.93. The van der Waals surface area contributed by atoms with Crippen LogP contribution in [0.1, 0.15) is 80.1 Å². The molecule has 0 spiro atoms. The predicted octanol–water partition coefficient (Wildman–Crippen LogP) is 2.73. The molecule has 1 saturated heterocycles. The lowest BCUT2D eigenvalue weighted by molar-refractivity contribution is 0.0541. The van der Waals surface area contributed by atoms with E-state index in [2.05, 4.69) is 23.6 Å². The Morgan fingerprint density at radius 3 is 1.38 bits per heavy atom. The Kier molecular flexibility index (Phi) is 19.8. The maximum absolute atomic E-state index is 8.92. The van der Waals surface area contributed by atoms with Crippen LogP contribution in [0, 0.1) is 5.92 Å². The van der Waals surface area contributed by atoms with Crippen molar-refractivity contribution < 1.29 is 20.4 Å². The van der Waals surface area contributed by atoms with Gasteiger partial charge in [-0.15, -0.1) is 0 Å². The summed E-state index contributed by atoms with van der Waals surface area (Å²) in [5.41, 5.74) is 0. The Labute approximate surface area is 180 Å². The van der Waals surface area contributed by atoms with E-state index < -0.39 is 0 Å². The summed E-state index contributed by atoms with van der Waals surface area (Å²) >= 11 is 0. The monoisotopic (exact) mass is 420 g/mol. The van der Waals surface area contributed by atoms with Gasteiger partial charge in [0.2, 0.25) is 0 Å². The molecule has 0 aromatic heterocycles. The first kappa shape index (κ1) is 30.9. The van der Waals surface area contributed by atoms with Crippen molar-refractivity contribution in [3.05, 3.63) is 0 Å². The highest BCUT2D eigenvalue weighted by Gasteiger charge is 2.18. The maximum Gasteiger partial charge on any atom is 0.0558 e. The van der Waals surface area contributed by atoms with Gasteiger partial charge >= 0.3 is 0 Å². The van der Waals surface area contributed by atoms with Crippen molar-refractivity contribution in [3.8, 4) is 0 Å². The molecule has 1 aliphatic heterocycles. The summed E-state index contributed by atoms with van der Waals surface area (Å²) in [6.45, 7) is 11.4. The SMILES string of the molecule is C.C.CC1CCC(O)C1.CCCN1CCN(CCO)CC1.OC1CCC(O)CC1. The van der Waals surface area contributed by atoms with E-state index in [0.717, 1.165) is 64.1 Å². The summed E-state index contributed by atoms with van der Waals surface area (Å²) in [5.74, 6) is 0.773. The molecule has 2 saturated carbocycles. The van der Waals surface area contributed by atoms with Crippen molar-refractivity contribution in [2.24, 2.45) is 5.92 Å². The highest BCUT2D eigenvalue weighted by Crippen LogP contribution is 2.23. The Balaban J connectivity index is 0. The standard InChI is InChI=1S/C9H20N2O.C6H12O2.C6H12O.2CH4/c1-2-3-10-4-6-11(7-5-10)8-9-12;7-5-1-2-6(8)4-3-5;1-5-2-3-6(7)4-5;;/h12H,2-9H2,1H3;5-8H,1-4H2;5-7H,2-4H2,1H3;2*1H4. The Morgan fingerprint density at radius 2 is 1.10 bits per heavy atom. The second-order valence-corrected chi connectivity index (χ2v) is 8.44. The van der Waals surface area contributed by atoms with Crippen molar-refractivity contribution in [3.63, 3.8) is 0 Å². The third kappa shape index (κ3) is 15.2. The van der Waals surface area contributed by atoms with Crippen molar-refractivity contribution >= 4 is 0 Å². The fourth-order valence-corrected chi connectivity index (χ4v) is 3.93. The number of rotatable bonds is 4. The predicted molar refractivity (Wildman–Crippen MR) is 123 cm³/mol. The summed E-state index contributed by atoms with van der Waals surface area (Å²) in [6.07, 6.45) is 7.39. The van der Waals surface area contributed by atoms with Crippen LogP contribution in [0.3, 0.4) is 0 Å². The fraction of sp³-hybridized carbons (Fsp3) is 1.00. The first-order valence-corrected chi connectivity index (χ1v) is 11.0. The van der Waals surface area contributed by atoms with Gasteiger partial charge in [-0.25, -0.2) is 0 Å². The number of β-amino-alcohol motifs (C(OH)–C–C–N with tert-alkyl or cyclic N) is 1. The molecular weight excluding hydrogens is 368 g/mol. The summed E-state index contributed by atoms with van der Waals surface area (Å²) in [5, 5.41) is 35.5. The third-order valence-corrected chi connectivity index (χ3v) is 5.75. The van der Waals surface area contributed by atoms with Gasteiger partial charge in [-0.05, 0) is 63.8 Å². The third-order valence-electron chi connectivity index (χ3n) is 5.75. The van der Waals surface area contributed by atoms with E-state index in [-0.39, 0.29) is 33.2 Å². The number of hydrogen-bond acceptors (Lipinski definition) is 6. The summed E-state index contributed by atoms with van der Waals surface area (Å²) in [7, 11) is 0. The zero-order valence-electron chi connectivity index (χ0n) is 17.6. The van der Waals surface area contributed by atoms with Gasteiger partial charge in [0.1, 0.15) is 0 Å². The molecule has 29 heavy (non-hydrogen) atoms. The second kappa shape index (κ2) is 18.5. The first-order valence-electron chi connectivity index (χ1n) is 11.0. The van der Waals surface area contributed by atoms with Gasteiger partial charge in [-0.2, -0.15) is 0 Å². The highest BCUT2D eigenvalue weighted by atomic mass is 16.3. The minimum absolute atomic E-state index is 0. The number of aliphatic hydroxyl groups excluding tert-OH is 4. The Hall–Kier alpha value is -0.240. The number of aliphatic hydroxyl groups is 4. The zero-order valence-corrected chi connectivity index (χ0v) is 17.6. The highest BCUT2D eigenvalue weighted by molar-refractivity contribution is 4.71. The molecule has 3 aliphatic rings.